The van der Waals surface area contributed by atoms with Gasteiger partial charge in [0.2, 0.25) is 0 Å². The van der Waals surface area contributed by atoms with E-state index in [1.165, 1.54) is 10.8 Å². The summed E-state index contributed by atoms with van der Waals surface area (Å²) in [5.74, 6) is 0.647. The van der Waals surface area contributed by atoms with Gasteiger partial charge in [0.15, 0.2) is 11.4 Å². The molecule has 42 heavy (non-hydrogen) atoms. The predicted octanol–water partition coefficient (Wildman–Crippen LogP) is 10.4. The highest BCUT2D eigenvalue weighted by Crippen LogP contribution is 2.42. The summed E-state index contributed by atoms with van der Waals surface area (Å²) >= 11 is 0. The average molecular weight is 539 g/mol. The van der Waals surface area contributed by atoms with Crippen LogP contribution in [0.15, 0.2) is 142 Å². The number of hydrogen-bond donors (Lipinski definition) is 0. The van der Waals surface area contributed by atoms with Crippen molar-refractivity contribution in [3.63, 3.8) is 0 Å². The summed E-state index contributed by atoms with van der Waals surface area (Å²) in [5.41, 5.74) is 8.94. The van der Waals surface area contributed by atoms with Crippen LogP contribution >= 0.6 is 0 Å². The first-order valence-electron chi connectivity index (χ1n) is 14.0. The molecule has 0 saturated heterocycles. The molecule has 0 spiro atoms. The van der Waals surface area contributed by atoms with Crippen molar-refractivity contribution in [2.24, 2.45) is 0 Å². The first-order chi connectivity index (χ1) is 20.8. The molecule has 196 valence electrons. The first-order valence-corrected chi connectivity index (χ1v) is 14.0. The lowest BCUT2D eigenvalue weighted by atomic mass is 9.95. The second-order valence-corrected chi connectivity index (χ2v) is 10.6. The van der Waals surface area contributed by atoms with Crippen molar-refractivity contribution >= 4 is 54.8 Å². The van der Waals surface area contributed by atoms with Gasteiger partial charge < -0.3 is 8.83 Å². The van der Waals surface area contributed by atoms with Crippen LogP contribution in [0, 0.1) is 0 Å². The van der Waals surface area contributed by atoms with E-state index in [4.69, 9.17) is 18.8 Å². The highest BCUT2D eigenvalue weighted by molar-refractivity contribution is 6.18. The lowest BCUT2D eigenvalue weighted by Gasteiger charge is -2.08. The molecule has 0 fully saturated rings. The van der Waals surface area contributed by atoms with Gasteiger partial charge in [0.1, 0.15) is 28.0 Å². The van der Waals surface area contributed by atoms with Crippen LogP contribution in [0.25, 0.3) is 88.6 Å². The van der Waals surface area contributed by atoms with E-state index in [2.05, 4.69) is 78.9 Å². The molecular weight excluding hydrogens is 516 g/mol. The summed E-state index contributed by atoms with van der Waals surface area (Å²) in [6, 6.07) is 45.6. The van der Waals surface area contributed by atoms with Crippen molar-refractivity contribution in [3.05, 3.63) is 133 Å². The van der Waals surface area contributed by atoms with Crippen molar-refractivity contribution in [1.29, 1.82) is 0 Å². The van der Waals surface area contributed by atoms with Crippen LogP contribution in [0.4, 0.5) is 0 Å². The molecule has 0 amide bonds. The van der Waals surface area contributed by atoms with Crippen molar-refractivity contribution in [2.75, 3.05) is 0 Å². The number of benzene rings is 6. The van der Waals surface area contributed by atoms with E-state index in [1.54, 1.807) is 0 Å². The summed E-state index contributed by atoms with van der Waals surface area (Å²) in [7, 11) is 0. The van der Waals surface area contributed by atoms with Gasteiger partial charge in [-0.3, -0.25) is 0 Å². The molecule has 9 aromatic rings. The Kier molecular flexibility index (Phi) is 4.87. The summed E-state index contributed by atoms with van der Waals surface area (Å²) in [4.78, 5) is 10.2. The van der Waals surface area contributed by atoms with Gasteiger partial charge in [0, 0.05) is 32.8 Å². The van der Waals surface area contributed by atoms with Gasteiger partial charge in [-0.2, -0.15) is 0 Å². The van der Waals surface area contributed by atoms with E-state index in [9.17, 15) is 0 Å². The highest BCUT2D eigenvalue weighted by atomic mass is 16.3. The Morgan fingerprint density at radius 2 is 1.10 bits per heavy atom. The minimum Gasteiger partial charge on any atom is -0.455 e. The number of furan rings is 2. The summed E-state index contributed by atoms with van der Waals surface area (Å²) < 4.78 is 12.9. The van der Waals surface area contributed by atoms with Crippen molar-refractivity contribution in [2.45, 2.75) is 0 Å². The zero-order chi connectivity index (χ0) is 27.6. The Labute approximate surface area is 240 Å². The average Bonchev–Trinajstić information content (AvgIpc) is 3.61. The van der Waals surface area contributed by atoms with Gasteiger partial charge in [-0.15, -0.1) is 0 Å². The molecule has 0 bridgehead atoms. The highest BCUT2D eigenvalue weighted by Gasteiger charge is 2.20. The third-order valence-electron chi connectivity index (χ3n) is 8.07. The number of fused-ring (bicyclic) bond motifs is 7. The van der Waals surface area contributed by atoms with Crippen LogP contribution in [-0.2, 0) is 0 Å². The molecule has 0 radical (unpaired) electrons. The van der Waals surface area contributed by atoms with E-state index < -0.39 is 0 Å². The predicted molar refractivity (Wildman–Crippen MR) is 170 cm³/mol. The van der Waals surface area contributed by atoms with Crippen LogP contribution in [0.2, 0.25) is 0 Å². The fourth-order valence-electron chi connectivity index (χ4n) is 6.12. The van der Waals surface area contributed by atoms with E-state index in [-0.39, 0.29) is 0 Å². The summed E-state index contributed by atoms with van der Waals surface area (Å²) in [6.07, 6.45) is 0. The molecule has 0 N–H and O–H groups in total. The Hall–Kier alpha value is -5.74. The van der Waals surface area contributed by atoms with Gasteiger partial charge in [0.05, 0.1) is 0 Å². The van der Waals surface area contributed by atoms with Gasteiger partial charge >= 0.3 is 0 Å². The Bertz CT molecular complexity index is 2460. The molecule has 9 rings (SSSR count). The van der Waals surface area contributed by atoms with E-state index in [0.29, 0.717) is 11.4 Å². The van der Waals surface area contributed by atoms with E-state index in [0.717, 1.165) is 66.4 Å². The van der Waals surface area contributed by atoms with Crippen LogP contribution < -0.4 is 0 Å². The first kappa shape index (κ1) is 23.0. The molecule has 4 heteroatoms. The Morgan fingerprint density at radius 3 is 1.93 bits per heavy atom. The van der Waals surface area contributed by atoms with Crippen molar-refractivity contribution < 1.29 is 8.83 Å². The minimum absolute atomic E-state index is 0.647. The second kappa shape index (κ2) is 8.88. The van der Waals surface area contributed by atoms with Crippen LogP contribution in [0.3, 0.4) is 0 Å². The standard InChI is InChI=1S/C38H22N2O2/c1-3-11-23(12-4-1)33-27-16-8-7-15-25(27)21-30-29-22-26(19-20-32(29)41-36(30)33)38-39-34(24-13-5-2-6-14-24)37-35(40-38)28-17-9-10-18-31(28)42-37/h1-22H. The number of para-hydroxylation sites is 1. The molecule has 0 atom stereocenters. The molecule has 6 aromatic carbocycles. The van der Waals surface area contributed by atoms with Gasteiger partial charge in [0.25, 0.3) is 0 Å². The van der Waals surface area contributed by atoms with Gasteiger partial charge in [-0.05, 0) is 52.7 Å². The molecule has 0 saturated carbocycles. The van der Waals surface area contributed by atoms with Crippen molar-refractivity contribution in [3.8, 4) is 33.8 Å². The van der Waals surface area contributed by atoms with Crippen LogP contribution in [-0.4, -0.2) is 9.97 Å². The number of rotatable bonds is 3. The molecule has 3 aromatic heterocycles. The molecule has 0 aliphatic carbocycles. The molecule has 3 heterocycles. The Balaban J connectivity index is 1.33. The molecule has 0 aliphatic heterocycles. The summed E-state index contributed by atoms with van der Waals surface area (Å²) in [5, 5.41) is 5.42. The maximum Gasteiger partial charge on any atom is 0.180 e. The van der Waals surface area contributed by atoms with Crippen LogP contribution in [0.5, 0.6) is 0 Å². The fourth-order valence-corrected chi connectivity index (χ4v) is 6.12. The maximum atomic E-state index is 6.59. The summed E-state index contributed by atoms with van der Waals surface area (Å²) in [6.45, 7) is 0. The molecule has 0 unspecified atom stereocenters. The third-order valence-corrected chi connectivity index (χ3v) is 8.07. The maximum absolute atomic E-state index is 6.59. The zero-order valence-corrected chi connectivity index (χ0v) is 22.4. The Morgan fingerprint density at radius 1 is 0.429 bits per heavy atom. The topological polar surface area (TPSA) is 52.1 Å². The van der Waals surface area contributed by atoms with E-state index in [1.807, 2.05) is 54.6 Å². The molecule has 0 aliphatic rings. The quantitative estimate of drug-likeness (QED) is 0.224. The van der Waals surface area contributed by atoms with Crippen LogP contribution in [0.1, 0.15) is 0 Å². The smallest absolute Gasteiger partial charge is 0.180 e. The zero-order valence-electron chi connectivity index (χ0n) is 22.4. The normalized spacial score (nSPS) is 11.8. The fraction of sp³-hybridized carbons (Fsp3) is 0. The number of aromatic nitrogens is 2. The monoisotopic (exact) mass is 538 g/mol. The number of nitrogens with zero attached hydrogens (tertiary/aromatic N) is 2. The largest absolute Gasteiger partial charge is 0.455 e. The number of hydrogen-bond acceptors (Lipinski definition) is 4. The van der Waals surface area contributed by atoms with Crippen molar-refractivity contribution in [1.82, 2.24) is 9.97 Å². The lowest BCUT2D eigenvalue weighted by molar-refractivity contribution is 0.667. The van der Waals surface area contributed by atoms with Gasteiger partial charge in [-0.25, -0.2) is 9.97 Å². The molecule has 4 nitrogen and oxygen atoms in total. The van der Waals surface area contributed by atoms with Gasteiger partial charge in [-0.1, -0.05) is 97.1 Å². The SMILES string of the molecule is c1ccc(-c2c3ccccc3cc3c2oc2ccc(-c4nc(-c5ccccc5)c5oc6ccccc6c5n4)cc23)cc1. The van der Waals surface area contributed by atoms with E-state index >= 15 is 0 Å². The third kappa shape index (κ3) is 3.42. The molecular formula is C38H22N2O2. The minimum atomic E-state index is 0.647. The lowest BCUT2D eigenvalue weighted by Crippen LogP contribution is -1.93. The second-order valence-electron chi connectivity index (χ2n) is 10.6.